The minimum Gasteiger partial charge on any atom is -0.406 e. The molecule has 2 aromatic carbocycles. The fourth-order valence-corrected chi connectivity index (χ4v) is 5.21. The summed E-state index contributed by atoms with van der Waals surface area (Å²) in [5, 5.41) is 4.82. The fourth-order valence-electron chi connectivity index (χ4n) is 4.54. The van der Waals surface area contributed by atoms with Crippen molar-refractivity contribution in [3.8, 4) is 11.1 Å². The summed E-state index contributed by atoms with van der Waals surface area (Å²) in [7, 11) is -1.82. The summed E-state index contributed by atoms with van der Waals surface area (Å²) < 4.78 is 40.8. The van der Waals surface area contributed by atoms with Crippen LogP contribution in [0.4, 0.5) is 0 Å². The van der Waals surface area contributed by atoms with E-state index in [1.807, 2.05) is 32.0 Å². The van der Waals surface area contributed by atoms with Gasteiger partial charge < -0.3 is 13.7 Å². The maximum absolute atomic E-state index is 12.3. The van der Waals surface area contributed by atoms with Crippen LogP contribution in [0, 0.1) is 13.8 Å². The van der Waals surface area contributed by atoms with E-state index in [9.17, 15) is 13.2 Å². The third-order valence-electron chi connectivity index (χ3n) is 6.13. The van der Waals surface area contributed by atoms with Gasteiger partial charge in [-0.1, -0.05) is 17.3 Å². The second kappa shape index (κ2) is 8.47. The van der Waals surface area contributed by atoms with Gasteiger partial charge in [0.2, 0.25) is 0 Å². The lowest BCUT2D eigenvalue weighted by molar-refractivity contribution is 0.189. The van der Waals surface area contributed by atoms with Gasteiger partial charge in [-0.25, -0.2) is 13.2 Å². The molecule has 3 aromatic heterocycles. The van der Waals surface area contributed by atoms with Gasteiger partial charge in [0.25, 0.3) is 0 Å². The molecule has 9 nitrogen and oxygen atoms in total. The topological polar surface area (TPSA) is 128 Å². The quantitative estimate of drug-likeness (QED) is 0.374. The molecule has 0 saturated heterocycles. The summed E-state index contributed by atoms with van der Waals surface area (Å²) in [5.74, 6) is -0.273. The maximum atomic E-state index is 12.3. The second-order valence-corrected chi connectivity index (χ2v) is 10.5. The van der Waals surface area contributed by atoms with Gasteiger partial charge in [-0.05, 0) is 54.8 Å². The van der Waals surface area contributed by atoms with Gasteiger partial charge >= 0.3 is 5.76 Å². The number of H-pyrrole nitrogens is 1. The molecule has 0 unspecified atom stereocenters. The number of fused-ring (bicyclic) bond motifs is 3. The smallest absolute Gasteiger partial charge is 0.406 e. The van der Waals surface area contributed by atoms with E-state index in [-0.39, 0.29) is 17.4 Å². The van der Waals surface area contributed by atoms with Crippen LogP contribution in [0.3, 0.4) is 0 Å². The number of hydrogen-bond acceptors (Lipinski definition) is 8. The zero-order chi connectivity index (χ0) is 24.9. The van der Waals surface area contributed by atoms with E-state index in [4.69, 9.17) is 13.7 Å². The van der Waals surface area contributed by atoms with Crippen LogP contribution < -0.4 is 5.76 Å². The highest BCUT2D eigenvalue weighted by Crippen LogP contribution is 2.40. The normalized spacial score (nSPS) is 13.0. The number of oxazole rings is 1. The molecule has 0 aliphatic rings. The first kappa shape index (κ1) is 23.0. The number of hydrogen-bond donors (Lipinski definition) is 1. The Morgan fingerprint density at radius 1 is 1.17 bits per heavy atom. The Morgan fingerprint density at radius 2 is 1.97 bits per heavy atom. The number of pyridine rings is 1. The van der Waals surface area contributed by atoms with Gasteiger partial charge in [-0.2, -0.15) is 0 Å². The number of ether oxygens (including phenoxy) is 1. The molecule has 0 aliphatic heterocycles. The highest BCUT2D eigenvalue weighted by molar-refractivity contribution is 7.90. The van der Waals surface area contributed by atoms with E-state index in [0.717, 1.165) is 22.3 Å². The molecule has 5 rings (SSSR count). The Hall–Kier alpha value is -3.76. The van der Waals surface area contributed by atoms with E-state index >= 15 is 0 Å². The Balaban J connectivity index is 1.86. The molecule has 3 heterocycles. The van der Waals surface area contributed by atoms with Gasteiger partial charge in [0, 0.05) is 30.2 Å². The Morgan fingerprint density at radius 3 is 2.66 bits per heavy atom. The maximum Gasteiger partial charge on any atom is 0.417 e. The van der Waals surface area contributed by atoms with Crippen molar-refractivity contribution in [3.63, 3.8) is 0 Å². The van der Waals surface area contributed by atoms with Crippen LogP contribution in [0.15, 0.2) is 61.2 Å². The number of rotatable bonds is 6. The average molecular weight is 494 g/mol. The minimum atomic E-state index is -3.41. The molecular formula is C25H23N3O6S. The summed E-state index contributed by atoms with van der Waals surface area (Å²) in [6, 6.07) is 10.7. The molecule has 1 N–H and O–H groups in total. The summed E-state index contributed by atoms with van der Waals surface area (Å²) in [6.07, 6.45) is 2.69. The predicted molar refractivity (Wildman–Crippen MR) is 130 cm³/mol. The zero-order valence-electron chi connectivity index (χ0n) is 19.6. The highest BCUT2D eigenvalue weighted by atomic mass is 32.2. The lowest BCUT2D eigenvalue weighted by atomic mass is 9.84. The average Bonchev–Trinajstić information content (AvgIpc) is 3.37. The molecule has 0 aliphatic carbocycles. The standard InChI is InChI=1S/C25H23N3O6S/c1-13-23(14(2)34-28-13)18-10-21-19(24-22(11-26-21)33-25(29)27-24)9-17(18)20(12-32-3)15-6-5-7-16(8-15)35(4,30)31/h5-11,20H,12H2,1-4H3,(H,27,29)/t20-/m1/s1. The number of aromatic amines is 1. The SMILES string of the molecule is COC[C@H](c1cccc(S(C)(=O)=O)c1)c1cc2c(cc1-c1c(C)noc1C)ncc1oc(=O)[nH]c12. The van der Waals surface area contributed by atoms with Crippen LogP contribution in [-0.2, 0) is 14.6 Å². The molecule has 0 radical (unpaired) electrons. The third kappa shape index (κ3) is 4.04. The molecule has 0 saturated carbocycles. The zero-order valence-corrected chi connectivity index (χ0v) is 20.4. The monoisotopic (exact) mass is 493 g/mol. The number of aromatic nitrogens is 3. The Labute approximate surface area is 200 Å². The molecule has 10 heteroatoms. The molecule has 180 valence electrons. The first-order valence-corrected chi connectivity index (χ1v) is 12.7. The lowest BCUT2D eigenvalue weighted by Crippen LogP contribution is -2.11. The van der Waals surface area contributed by atoms with Gasteiger partial charge in [-0.3, -0.25) is 9.97 Å². The number of benzene rings is 2. The summed E-state index contributed by atoms with van der Waals surface area (Å²) in [5.41, 5.74) is 5.51. The highest BCUT2D eigenvalue weighted by Gasteiger charge is 2.25. The number of methoxy groups -OCH3 is 1. The largest absolute Gasteiger partial charge is 0.417 e. The number of nitrogens with zero attached hydrogens (tertiary/aromatic N) is 2. The number of sulfone groups is 1. The van der Waals surface area contributed by atoms with Crippen molar-refractivity contribution in [2.75, 3.05) is 20.0 Å². The van der Waals surface area contributed by atoms with Crippen LogP contribution in [-0.4, -0.2) is 43.5 Å². The first-order valence-electron chi connectivity index (χ1n) is 10.8. The molecule has 1 atom stereocenters. The summed E-state index contributed by atoms with van der Waals surface area (Å²) >= 11 is 0. The van der Waals surface area contributed by atoms with Crippen LogP contribution in [0.2, 0.25) is 0 Å². The molecule has 0 bridgehead atoms. The van der Waals surface area contributed by atoms with E-state index in [0.29, 0.717) is 33.5 Å². The van der Waals surface area contributed by atoms with Crippen molar-refractivity contribution in [2.24, 2.45) is 0 Å². The van der Waals surface area contributed by atoms with E-state index in [2.05, 4.69) is 15.1 Å². The minimum absolute atomic E-state index is 0.221. The number of nitrogens with one attached hydrogen (secondary N) is 1. The molecule has 0 amide bonds. The van der Waals surface area contributed by atoms with Crippen molar-refractivity contribution in [2.45, 2.75) is 24.7 Å². The fraction of sp³-hybridized carbons (Fsp3) is 0.240. The lowest BCUT2D eigenvalue weighted by Gasteiger charge is -2.22. The molecule has 0 spiro atoms. The van der Waals surface area contributed by atoms with Gasteiger partial charge in [0.15, 0.2) is 15.4 Å². The van der Waals surface area contributed by atoms with Crippen molar-refractivity contribution in [3.05, 3.63) is 75.7 Å². The summed E-state index contributed by atoms with van der Waals surface area (Å²) in [4.78, 5) is 19.4. The van der Waals surface area contributed by atoms with Gasteiger partial charge in [0.1, 0.15) is 5.76 Å². The van der Waals surface area contributed by atoms with Gasteiger partial charge in [-0.15, -0.1) is 0 Å². The van der Waals surface area contributed by atoms with E-state index in [1.165, 1.54) is 12.5 Å². The first-order chi connectivity index (χ1) is 16.7. The van der Waals surface area contributed by atoms with Crippen molar-refractivity contribution >= 4 is 31.8 Å². The Bertz CT molecular complexity index is 1730. The van der Waals surface area contributed by atoms with Crippen molar-refractivity contribution in [1.82, 2.24) is 15.1 Å². The van der Waals surface area contributed by atoms with E-state index in [1.54, 1.807) is 25.3 Å². The molecular weight excluding hydrogens is 470 g/mol. The molecule has 5 aromatic rings. The molecule has 0 fully saturated rings. The Kier molecular flexibility index (Phi) is 5.57. The third-order valence-corrected chi connectivity index (χ3v) is 7.24. The molecule has 35 heavy (non-hydrogen) atoms. The predicted octanol–water partition coefficient (Wildman–Crippen LogP) is 4.12. The van der Waals surface area contributed by atoms with Crippen LogP contribution in [0.5, 0.6) is 0 Å². The van der Waals surface area contributed by atoms with Gasteiger partial charge in [0.05, 0.1) is 34.4 Å². The van der Waals surface area contributed by atoms with E-state index < -0.39 is 15.6 Å². The van der Waals surface area contributed by atoms with Crippen LogP contribution >= 0.6 is 0 Å². The van der Waals surface area contributed by atoms with Crippen molar-refractivity contribution < 1.29 is 22.1 Å². The summed E-state index contributed by atoms with van der Waals surface area (Å²) in [6.45, 7) is 3.98. The second-order valence-electron chi connectivity index (χ2n) is 8.52. The number of aryl methyl sites for hydroxylation is 2. The van der Waals surface area contributed by atoms with Crippen LogP contribution in [0.25, 0.3) is 33.1 Å². The van der Waals surface area contributed by atoms with Crippen LogP contribution in [0.1, 0.15) is 28.5 Å². The van der Waals surface area contributed by atoms with Crippen molar-refractivity contribution in [1.29, 1.82) is 0 Å².